The smallest absolute Gasteiger partial charge is 0.416 e. The van der Waals surface area contributed by atoms with Crippen molar-refractivity contribution in [2.75, 3.05) is 12.0 Å². The lowest BCUT2D eigenvalue weighted by Crippen LogP contribution is -2.39. The van der Waals surface area contributed by atoms with Crippen LogP contribution in [0.2, 0.25) is 0 Å². The number of para-hydroxylation sites is 1. The first-order valence-electron chi connectivity index (χ1n) is 13.5. The van der Waals surface area contributed by atoms with Crippen LogP contribution in [-0.2, 0) is 31.5 Å². The van der Waals surface area contributed by atoms with E-state index in [9.17, 15) is 50.6 Å². The Morgan fingerprint density at radius 2 is 1.58 bits per heavy atom. The topological polar surface area (TPSA) is 101 Å². The van der Waals surface area contributed by atoms with Crippen molar-refractivity contribution in [3.8, 4) is 11.5 Å². The molecule has 2 aromatic rings. The summed E-state index contributed by atoms with van der Waals surface area (Å²) < 4.78 is 86.9. The SMILES string of the molecule is COc1cccc(C2C3=CCC4C(=O)N(c5cc(C(F)(F)F)cc(C(F)(F)F)c5)C(=O)C4C3CC3=C2C(=O)C=C(Br)C3=O)c1O. The third-order valence-electron chi connectivity index (χ3n) is 8.72. The number of Topliss-reactive ketones (excluding diaryl/α,β-unsaturated/α-hetero) is 1. The van der Waals surface area contributed by atoms with Gasteiger partial charge in [0.2, 0.25) is 11.8 Å². The van der Waals surface area contributed by atoms with Crippen LogP contribution >= 0.6 is 15.9 Å². The van der Waals surface area contributed by atoms with Crippen LogP contribution in [0.3, 0.4) is 0 Å². The molecule has 2 amide bonds. The number of nitrogens with zero attached hydrogens (tertiary/aromatic N) is 1. The van der Waals surface area contributed by atoms with Crippen molar-refractivity contribution in [1.82, 2.24) is 0 Å². The Bertz CT molecular complexity index is 1770. The number of hydrogen-bond donors (Lipinski definition) is 1. The molecule has 7 nitrogen and oxygen atoms in total. The van der Waals surface area contributed by atoms with Crippen LogP contribution in [0.1, 0.15) is 35.4 Å². The van der Waals surface area contributed by atoms with Crippen molar-refractivity contribution in [3.63, 3.8) is 0 Å². The van der Waals surface area contributed by atoms with Gasteiger partial charge in [-0.2, -0.15) is 26.3 Å². The number of carbonyl (C=O) groups excluding carboxylic acids is 4. The summed E-state index contributed by atoms with van der Waals surface area (Å²) in [5, 5.41) is 11.1. The Hall–Kier alpha value is -4.20. The summed E-state index contributed by atoms with van der Waals surface area (Å²) in [5.74, 6) is -7.87. The van der Waals surface area contributed by atoms with E-state index < -0.39 is 76.2 Å². The number of carbonyl (C=O) groups is 4. The number of halogens is 7. The number of aromatic hydroxyl groups is 1. The molecule has 0 radical (unpaired) electrons. The fourth-order valence-electron chi connectivity index (χ4n) is 6.82. The summed E-state index contributed by atoms with van der Waals surface area (Å²) in [5.41, 5.74) is -3.61. The quantitative estimate of drug-likeness (QED) is 0.173. The summed E-state index contributed by atoms with van der Waals surface area (Å²) in [6.45, 7) is 0. The van der Waals surface area contributed by atoms with Gasteiger partial charge in [0.1, 0.15) is 0 Å². The van der Waals surface area contributed by atoms with Gasteiger partial charge in [-0.25, -0.2) is 4.90 Å². The number of phenols is 1. The minimum atomic E-state index is -5.21. The standard InChI is InChI=1S/C31H20BrF6NO6/c1-45-22-4-2-3-16(27(22)42)23-15-5-6-17-24(18(15)10-19-25(23)21(40)11-20(32)26(19)41)29(44)39(28(17)43)14-8-12(30(33,34)35)7-13(9-14)31(36,37)38/h2-5,7-9,11,17-18,23-24,42H,6,10H2,1H3. The molecule has 4 atom stereocenters. The van der Waals surface area contributed by atoms with E-state index in [1.54, 1.807) is 12.1 Å². The maximum Gasteiger partial charge on any atom is 0.416 e. The van der Waals surface area contributed by atoms with Gasteiger partial charge in [0.15, 0.2) is 23.1 Å². The van der Waals surface area contributed by atoms with Gasteiger partial charge in [-0.05, 0) is 59.0 Å². The monoisotopic (exact) mass is 695 g/mol. The minimum Gasteiger partial charge on any atom is -0.504 e. The molecular formula is C31H20BrF6NO6. The third-order valence-corrected chi connectivity index (χ3v) is 9.31. The number of methoxy groups -OCH3 is 1. The van der Waals surface area contributed by atoms with Crippen LogP contribution in [-0.4, -0.2) is 35.6 Å². The summed E-state index contributed by atoms with van der Waals surface area (Å²) in [7, 11) is 1.31. The number of anilines is 1. The number of imide groups is 1. The number of alkyl halides is 6. The molecule has 0 bridgehead atoms. The van der Waals surface area contributed by atoms with Crippen LogP contribution in [0, 0.1) is 17.8 Å². The highest BCUT2D eigenvalue weighted by Gasteiger charge is 2.57. The lowest BCUT2D eigenvalue weighted by atomic mass is 9.59. The van der Waals surface area contributed by atoms with Crippen molar-refractivity contribution < 1.29 is 55.4 Å². The highest BCUT2D eigenvalue weighted by Crippen LogP contribution is 2.57. The Labute approximate surface area is 259 Å². The van der Waals surface area contributed by atoms with E-state index in [1.165, 1.54) is 19.2 Å². The number of benzene rings is 2. The van der Waals surface area contributed by atoms with Crippen molar-refractivity contribution in [3.05, 3.63) is 86.4 Å². The Morgan fingerprint density at radius 3 is 2.18 bits per heavy atom. The Kier molecular flexibility index (Phi) is 7.14. The minimum absolute atomic E-state index is 0.0153. The highest BCUT2D eigenvalue weighted by atomic mass is 79.9. The molecule has 0 saturated carbocycles. The molecule has 45 heavy (non-hydrogen) atoms. The van der Waals surface area contributed by atoms with Gasteiger partial charge in [0.25, 0.3) is 0 Å². The maximum atomic E-state index is 14.0. The van der Waals surface area contributed by atoms with Gasteiger partial charge in [0, 0.05) is 28.7 Å². The number of phenolic OH excluding ortho intramolecular Hbond substituents is 1. The number of hydrogen-bond acceptors (Lipinski definition) is 6. The predicted octanol–water partition coefficient (Wildman–Crippen LogP) is 6.41. The first-order valence-corrected chi connectivity index (χ1v) is 14.3. The molecule has 4 unspecified atom stereocenters. The van der Waals surface area contributed by atoms with Crippen LogP contribution in [0.25, 0.3) is 0 Å². The molecule has 14 heteroatoms. The zero-order valence-electron chi connectivity index (χ0n) is 22.9. The van der Waals surface area contributed by atoms with Crippen molar-refractivity contribution in [2.45, 2.75) is 31.1 Å². The number of ketones is 2. The second-order valence-electron chi connectivity index (χ2n) is 11.1. The van der Waals surface area contributed by atoms with E-state index in [0.29, 0.717) is 22.6 Å². The molecule has 4 aliphatic rings. The molecule has 0 spiro atoms. The van der Waals surface area contributed by atoms with Crippen LogP contribution in [0.15, 0.2) is 69.8 Å². The van der Waals surface area contributed by atoms with Gasteiger partial charge >= 0.3 is 12.4 Å². The molecular weight excluding hydrogens is 676 g/mol. The van der Waals surface area contributed by atoms with Gasteiger partial charge in [-0.15, -0.1) is 0 Å². The number of ether oxygens (including phenoxy) is 1. The number of rotatable bonds is 3. The van der Waals surface area contributed by atoms with Crippen molar-refractivity contribution >= 4 is 45.0 Å². The van der Waals surface area contributed by atoms with Gasteiger partial charge in [-0.1, -0.05) is 23.8 Å². The van der Waals surface area contributed by atoms with E-state index in [0.717, 1.165) is 6.08 Å². The first-order chi connectivity index (χ1) is 21.0. The predicted molar refractivity (Wildman–Crippen MR) is 148 cm³/mol. The lowest BCUT2D eigenvalue weighted by Gasteiger charge is -2.42. The van der Waals surface area contributed by atoms with Crippen molar-refractivity contribution in [1.29, 1.82) is 0 Å². The van der Waals surface area contributed by atoms with Crippen LogP contribution in [0.4, 0.5) is 32.0 Å². The second kappa shape index (κ2) is 10.4. The molecule has 1 saturated heterocycles. The van der Waals surface area contributed by atoms with Crippen LogP contribution in [0.5, 0.6) is 11.5 Å². The zero-order valence-corrected chi connectivity index (χ0v) is 24.5. The van der Waals surface area contributed by atoms with Gasteiger partial charge < -0.3 is 9.84 Å². The van der Waals surface area contributed by atoms with E-state index in [-0.39, 0.29) is 51.6 Å². The number of fused-ring (bicyclic) bond motifs is 3. The Balaban J connectivity index is 1.49. The third kappa shape index (κ3) is 4.80. The van der Waals surface area contributed by atoms with Gasteiger partial charge in [-0.3, -0.25) is 19.2 Å². The molecule has 3 aliphatic carbocycles. The number of allylic oxidation sites excluding steroid dienone is 6. The molecule has 2 aromatic carbocycles. The summed E-state index contributed by atoms with van der Waals surface area (Å²) in [4.78, 5) is 54.6. The van der Waals surface area contributed by atoms with E-state index >= 15 is 0 Å². The average Bonchev–Trinajstić information content (AvgIpc) is 3.23. The largest absolute Gasteiger partial charge is 0.504 e. The molecule has 1 aliphatic heterocycles. The fraction of sp³-hybridized carbons (Fsp3) is 0.290. The molecule has 234 valence electrons. The van der Waals surface area contributed by atoms with E-state index in [4.69, 9.17) is 4.74 Å². The van der Waals surface area contributed by atoms with Crippen LogP contribution < -0.4 is 9.64 Å². The molecule has 1 heterocycles. The van der Waals surface area contributed by atoms with Gasteiger partial charge in [0.05, 0.1) is 40.2 Å². The average molecular weight is 696 g/mol. The first kappa shape index (κ1) is 30.8. The summed E-state index contributed by atoms with van der Waals surface area (Å²) >= 11 is 3.08. The fourth-order valence-corrected chi connectivity index (χ4v) is 7.27. The second-order valence-corrected chi connectivity index (χ2v) is 11.9. The van der Waals surface area contributed by atoms with E-state index in [2.05, 4.69) is 15.9 Å². The summed E-state index contributed by atoms with van der Waals surface area (Å²) in [6, 6.07) is 5.05. The summed E-state index contributed by atoms with van der Waals surface area (Å²) in [6.07, 6.45) is -8.08. The number of amides is 2. The maximum absolute atomic E-state index is 14.0. The normalized spacial score (nSPS) is 25.1. The van der Waals surface area contributed by atoms with Crippen molar-refractivity contribution in [2.24, 2.45) is 17.8 Å². The Morgan fingerprint density at radius 1 is 0.933 bits per heavy atom. The highest BCUT2D eigenvalue weighted by molar-refractivity contribution is 9.12. The molecule has 0 aromatic heterocycles. The van der Waals surface area contributed by atoms with E-state index in [1.807, 2.05) is 0 Å². The molecule has 6 rings (SSSR count). The molecule has 1 fully saturated rings. The lowest BCUT2D eigenvalue weighted by molar-refractivity contribution is -0.143. The molecule has 1 N–H and O–H groups in total. The zero-order chi connectivity index (χ0) is 32.7.